The molecule has 0 bridgehead atoms. The van der Waals surface area contributed by atoms with Crippen molar-refractivity contribution in [3.05, 3.63) is 28.3 Å². The van der Waals surface area contributed by atoms with Crippen molar-refractivity contribution < 1.29 is 9.84 Å². The highest BCUT2D eigenvalue weighted by Gasteiger charge is 2.04. The monoisotopic (exact) mass is 186 g/mol. The number of aliphatic hydroxyl groups is 1. The molecule has 0 amide bonds. The molecule has 1 rings (SSSR count). The van der Waals surface area contributed by atoms with Gasteiger partial charge in [0.05, 0.1) is 13.7 Å². The highest BCUT2D eigenvalue weighted by atomic mass is 35.5. The molecule has 0 unspecified atom stereocenters. The van der Waals surface area contributed by atoms with E-state index in [4.69, 9.17) is 21.4 Å². The molecule has 0 aliphatic rings. The van der Waals surface area contributed by atoms with E-state index < -0.39 is 0 Å². The van der Waals surface area contributed by atoms with Gasteiger partial charge >= 0.3 is 0 Å². The lowest BCUT2D eigenvalue weighted by atomic mass is 10.1. The number of hydrogen-bond acceptors (Lipinski definition) is 2. The first-order chi connectivity index (χ1) is 5.69. The molecule has 0 aliphatic heterocycles. The van der Waals surface area contributed by atoms with Gasteiger partial charge in [-0.15, -0.1) is 0 Å². The smallest absolute Gasteiger partial charge is 0.120 e. The third-order valence-electron chi connectivity index (χ3n) is 1.83. The Morgan fingerprint density at radius 3 is 2.67 bits per heavy atom. The zero-order valence-electron chi connectivity index (χ0n) is 7.10. The van der Waals surface area contributed by atoms with Gasteiger partial charge in [-0.1, -0.05) is 11.6 Å². The second-order valence-electron chi connectivity index (χ2n) is 2.55. The van der Waals surface area contributed by atoms with Crippen molar-refractivity contribution in [2.24, 2.45) is 0 Å². The number of hydrogen-bond donors (Lipinski definition) is 1. The average molecular weight is 187 g/mol. The van der Waals surface area contributed by atoms with E-state index >= 15 is 0 Å². The molecule has 66 valence electrons. The Bertz CT molecular complexity index is 284. The number of benzene rings is 1. The molecule has 0 aromatic heterocycles. The Labute approximate surface area is 76.7 Å². The lowest BCUT2D eigenvalue weighted by molar-refractivity contribution is 0.280. The third-order valence-corrected chi connectivity index (χ3v) is 2.22. The number of halogens is 1. The van der Waals surface area contributed by atoms with Crippen LogP contribution in [0.25, 0.3) is 0 Å². The molecule has 1 aromatic rings. The molecule has 0 saturated heterocycles. The quantitative estimate of drug-likeness (QED) is 0.767. The number of methoxy groups -OCH3 is 1. The molecular weight excluding hydrogens is 176 g/mol. The highest BCUT2D eigenvalue weighted by molar-refractivity contribution is 6.31. The third kappa shape index (κ3) is 1.71. The SMILES string of the molecule is COc1cc(Cl)c(C)c(CO)c1. The summed E-state index contributed by atoms with van der Waals surface area (Å²) < 4.78 is 5.00. The predicted octanol–water partition coefficient (Wildman–Crippen LogP) is 2.15. The van der Waals surface area contributed by atoms with E-state index in [-0.39, 0.29) is 6.61 Å². The van der Waals surface area contributed by atoms with Crippen LogP contribution in [0.2, 0.25) is 5.02 Å². The van der Waals surface area contributed by atoms with Crippen molar-refractivity contribution in [2.75, 3.05) is 7.11 Å². The molecule has 1 N–H and O–H groups in total. The van der Waals surface area contributed by atoms with Crippen LogP contribution in [-0.4, -0.2) is 12.2 Å². The molecule has 0 spiro atoms. The van der Waals surface area contributed by atoms with Crippen molar-refractivity contribution >= 4 is 11.6 Å². The van der Waals surface area contributed by atoms with E-state index in [0.717, 1.165) is 11.1 Å². The minimum absolute atomic E-state index is 0.0112. The first-order valence-corrected chi connectivity index (χ1v) is 4.00. The summed E-state index contributed by atoms with van der Waals surface area (Å²) in [5, 5.41) is 9.57. The van der Waals surface area contributed by atoms with Crippen molar-refractivity contribution in [3.8, 4) is 5.75 Å². The van der Waals surface area contributed by atoms with Gasteiger partial charge in [0.15, 0.2) is 0 Å². The minimum Gasteiger partial charge on any atom is -0.497 e. The second kappa shape index (κ2) is 3.78. The van der Waals surface area contributed by atoms with Gasteiger partial charge in [0, 0.05) is 5.02 Å². The van der Waals surface area contributed by atoms with Crippen LogP contribution in [-0.2, 0) is 6.61 Å². The molecule has 0 saturated carbocycles. The Hall–Kier alpha value is -0.730. The molecule has 12 heavy (non-hydrogen) atoms. The van der Waals surface area contributed by atoms with Crippen LogP contribution in [0.3, 0.4) is 0 Å². The van der Waals surface area contributed by atoms with E-state index in [1.54, 1.807) is 19.2 Å². The first kappa shape index (κ1) is 9.36. The summed E-state index contributed by atoms with van der Waals surface area (Å²) in [5.41, 5.74) is 1.71. The topological polar surface area (TPSA) is 29.5 Å². The van der Waals surface area contributed by atoms with E-state index in [1.165, 1.54) is 0 Å². The lowest BCUT2D eigenvalue weighted by Crippen LogP contribution is -1.92. The number of rotatable bonds is 2. The maximum atomic E-state index is 8.95. The van der Waals surface area contributed by atoms with Gasteiger partial charge < -0.3 is 9.84 Å². The average Bonchev–Trinajstić information content (AvgIpc) is 2.09. The summed E-state index contributed by atoms with van der Waals surface area (Å²) in [6.07, 6.45) is 0. The fourth-order valence-corrected chi connectivity index (χ4v) is 1.22. The van der Waals surface area contributed by atoms with Gasteiger partial charge in [-0.3, -0.25) is 0 Å². The van der Waals surface area contributed by atoms with Gasteiger partial charge in [-0.2, -0.15) is 0 Å². The largest absolute Gasteiger partial charge is 0.497 e. The fraction of sp³-hybridized carbons (Fsp3) is 0.333. The summed E-state index contributed by atoms with van der Waals surface area (Å²) in [7, 11) is 1.57. The van der Waals surface area contributed by atoms with E-state index in [9.17, 15) is 0 Å². The first-order valence-electron chi connectivity index (χ1n) is 3.63. The van der Waals surface area contributed by atoms with Crippen LogP contribution >= 0.6 is 11.6 Å². The molecule has 0 atom stereocenters. The number of ether oxygens (including phenoxy) is 1. The summed E-state index contributed by atoms with van der Waals surface area (Å²) in [4.78, 5) is 0. The van der Waals surface area contributed by atoms with Gasteiger partial charge in [-0.05, 0) is 30.2 Å². The second-order valence-corrected chi connectivity index (χ2v) is 2.96. The Kier molecular flexibility index (Phi) is 2.95. The Morgan fingerprint density at radius 1 is 1.50 bits per heavy atom. The fourth-order valence-electron chi connectivity index (χ4n) is 0.990. The molecular formula is C9H11ClO2. The van der Waals surface area contributed by atoms with Gasteiger partial charge in [0.1, 0.15) is 5.75 Å². The van der Waals surface area contributed by atoms with Crippen molar-refractivity contribution in [1.29, 1.82) is 0 Å². The maximum absolute atomic E-state index is 8.95. The van der Waals surface area contributed by atoms with Crippen LogP contribution in [0.1, 0.15) is 11.1 Å². The van der Waals surface area contributed by atoms with E-state index in [1.807, 2.05) is 6.92 Å². The van der Waals surface area contributed by atoms with Crippen LogP contribution in [0.15, 0.2) is 12.1 Å². The molecule has 0 aliphatic carbocycles. The van der Waals surface area contributed by atoms with Crippen molar-refractivity contribution in [1.82, 2.24) is 0 Å². The standard InChI is InChI=1S/C9H11ClO2/c1-6-7(5-11)3-8(12-2)4-9(6)10/h3-4,11H,5H2,1-2H3. The zero-order valence-corrected chi connectivity index (χ0v) is 7.85. The molecule has 3 heteroatoms. The van der Waals surface area contributed by atoms with Crippen LogP contribution in [0.5, 0.6) is 5.75 Å². The lowest BCUT2D eigenvalue weighted by Gasteiger charge is -2.07. The minimum atomic E-state index is -0.0112. The van der Waals surface area contributed by atoms with Crippen LogP contribution in [0.4, 0.5) is 0 Å². The summed E-state index contributed by atoms with van der Waals surface area (Å²) in [5.74, 6) is 0.676. The van der Waals surface area contributed by atoms with Gasteiger partial charge in [-0.25, -0.2) is 0 Å². The molecule has 0 radical (unpaired) electrons. The van der Waals surface area contributed by atoms with Crippen molar-refractivity contribution in [3.63, 3.8) is 0 Å². The van der Waals surface area contributed by atoms with E-state index in [0.29, 0.717) is 10.8 Å². The maximum Gasteiger partial charge on any atom is 0.120 e. The molecule has 2 nitrogen and oxygen atoms in total. The summed E-state index contributed by atoms with van der Waals surface area (Å²) in [6.45, 7) is 1.86. The Balaban J connectivity index is 3.19. The molecule has 1 aromatic carbocycles. The van der Waals surface area contributed by atoms with Crippen LogP contribution < -0.4 is 4.74 Å². The predicted molar refractivity (Wildman–Crippen MR) is 48.7 cm³/mol. The van der Waals surface area contributed by atoms with Crippen LogP contribution in [0, 0.1) is 6.92 Å². The van der Waals surface area contributed by atoms with E-state index in [2.05, 4.69) is 0 Å². The Morgan fingerprint density at radius 2 is 2.17 bits per heavy atom. The summed E-state index contributed by atoms with van der Waals surface area (Å²) in [6, 6.07) is 3.51. The van der Waals surface area contributed by atoms with Crippen molar-refractivity contribution in [2.45, 2.75) is 13.5 Å². The zero-order chi connectivity index (χ0) is 9.14. The molecule has 0 heterocycles. The van der Waals surface area contributed by atoms with Gasteiger partial charge in [0.25, 0.3) is 0 Å². The van der Waals surface area contributed by atoms with Gasteiger partial charge in [0.2, 0.25) is 0 Å². The molecule has 0 fully saturated rings. The normalized spacial score (nSPS) is 10.0. The number of aliphatic hydroxyl groups excluding tert-OH is 1. The highest BCUT2D eigenvalue weighted by Crippen LogP contribution is 2.25. The summed E-state index contributed by atoms with van der Waals surface area (Å²) >= 11 is 5.89.